The van der Waals surface area contributed by atoms with Crippen LogP contribution in [0.15, 0.2) is 24.3 Å². The van der Waals surface area contributed by atoms with E-state index in [2.05, 4.69) is 57.0 Å². The van der Waals surface area contributed by atoms with Crippen molar-refractivity contribution in [1.29, 1.82) is 0 Å². The fourth-order valence-corrected chi connectivity index (χ4v) is 3.58. The van der Waals surface area contributed by atoms with Gasteiger partial charge in [-0.15, -0.1) is 0 Å². The molecule has 0 aromatic heterocycles. The normalized spacial score (nSPS) is 26.1. The van der Waals surface area contributed by atoms with Gasteiger partial charge in [-0.3, -0.25) is 0 Å². The van der Waals surface area contributed by atoms with Crippen LogP contribution in [0, 0.1) is 17.8 Å². The third-order valence-corrected chi connectivity index (χ3v) is 5.32. The highest BCUT2D eigenvalue weighted by molar-refractivity contribution is 5.47. The van der Waals surface area contributed by atoms with Crippen LogP contribution >= 0.6 is 0 Å². The molecule has 0 spiro atoms. The second-order valence-corrected chi connectivity index (χ2v) is 7.14. The smallest absolute Gasteiger partial charge is 0.0363 e. The van der Waals surface area contributed by atoms with Gasteiger partial charge in [0.15, 0.2) is 0 Å². The van der Waals surface area contributed by atoms with Crippen molar-refractivity contribution in [2.24, 2.45) is 23.5 Å². The number of aryl methyl sites for hydroxylation is 1. The molecule has 3 atom stereocenters. The summed E-state index contributed by atoms with van der Waals surface area (Å²) in [6.07, 6.45) is 4.89. The quantitative estimate of drug-likeness (QED) is 0.884. The third kappa shape index (κ3) is 4.23. The first kappa shape index (κ1) is 16.4. The van der Waals surface area contributed by atoms with E-state index in [4.69, 9.17) is 5.73 Å². The zero-order valence-corrected chi connectivity index (χ0v) is 14.2. The Labute approximate surface area is 130 Å². The molecule has 0 saturated heterocycles. The lowest BCUT2D eigenvalue weighted by atomic mass is 9.74. The molecule has 1 aliphatic rings. The Morgan fingerprint density at radius 3 is 2.43 bits per heavy atom. The van der Waals surface area contributed by atoms with E-state index in [9.17, 15) is 0 Å². The van der Waals surface area contributed by atoms with E-state index in [-0.39, 0.29) is 0 Å². The van der Waals surface area contributed by atoms with Crippen LogP contribution in [-0.4, -0.2) is 19.6 Å². The van der Waals surface area contributed by atoms with Gasteiger partial charge >= 0.3 is 0 Å². The Bertz CT molecular complexity index is 424. The SMILES string of the molecule is CCc1ccc(N(C)CC2CC(C(C)C)CCC2N)cc1. The first-order chi connectivity index (χ1) is 10.0. The maximum absolute atomic E-state index is 6.39. The van der Waals surface area contributed by atoms with Crippen molar-refractivity contribution >= 4 is 5.69 Å². The van der Waals surface area contributed by atoms with Gasteiger partial charge in [0.05, 0.1) is 0 Å². The summed E-state index contributed by atoms with van der Waals surface area (Å²) in [5.41, 5.74) is 9.10. The highest BCUT2D eigenvalue weighted by Gasteiger charge is 2.30. The van der Waals surface area contributed by atoms with Gasteiger partial charge < -0.3 is 10.6 Å². The Morgan fingerprint density at radius 1 is 1.19 bits per heavy atom. The van der Waals surface area contributed by atoms with Gasteiger partial charge in [0.25, 0.3) is 0 Å². The lowest BCUT2D eigenvalue weighted by Crippen LogP contribution is -2.43. The maximum atomic E-state index is 6.39. The molecule has 2 heteroatoms. The zero-order chi connectivity index (χ0) is 15.4. The van der Waals surface area contributed by atoms with Crippen molar-refractivity contribution in [3.63, 3.8) is 0 Å². The number of hydrogen-bond donors (Lipinski definition) is 1. The molecule has 3 unspecified atom stereocenters. The van der Waals surface area contributed by atoms with E-state index in [1.165, 1.54) is 30.5 Å². The summed E-state index contributed by atoms with van der Waals surface area (Å²) in [5.74, 6) is 2.27. The Hall–Kier alpha value is -1.02. The molecule has 1 aliphatic carbocycles. The molecule has 118 valence electrons. The summed E-state index contributed by atoms with van der Waals surface area (Å²) < 4.78 is 0. The van der Waals surface area contributed by atoms with Crippen molar-refractivity contribution < 1.29 is 0 Å². The van der Waals surface area contributed by atoms with Gasteiger partial charge in [-0.25, -0.2) is 0 Å². The lowest BCUT2D eigenvalue weighted by molar-refractivity contribution is 0.193. The number of anilines is 1. The Kier molecular flexibility index (Phi) is 5.69. The molecular formula is C19H32N2. The first-order valence-corrected chi connectivity index (χ1v) is 8.57. The molecule has 2 rings (SSSR count). The molecule has 0 bridgehead atoms. The van der Waals surface area contributed by atoms with Crippen LogP contribution < -0.4 is 10.6 Å². The van der Waals surface area contributed by atoms with Crippen LogP contribution in [0.25, 0.3) is 0 Å². The van der Waals surface area contributed by atoms with Crippen LogP contribution in [0.3, 0.4) is 0 Å². The van der Waals surface area contributed by atoms with E-state index in [1.807, 2.05) is 0 Å². The number of benzene rings is 1. The third-order valence-electron chi connectivity index (χ3n) is 5.32. The van der Waals surface area contributed by atoms with Crippen molar-refractivity contribution in [3.8, 4) is 0 Å². The molecule has 21 heavy (non-hydrogen) atoms. The van der Waals surface area contributed by atoms with Crippen molar-refractivity contribution in [3.05, 3.63) is 29.8 Å². The second-order valence-electron chi connectivity index (χ2n) is 7.14. The van der Waals surface area contributed by atoms with Gasteiger partial charge in [-0.1, -0.05) is 32.9 Å². The topological polar surface area (TPSA) is 29.3 Å². The number of rotatable bonds is 5. The van der Waals surface area contributed by atoms with Crippen molar-refractivity contribution in [2.75, 3.05) is 18.5 Å². The summed E-state index contributed by atoms with van der Waals surface area (Å²) in [6, 6.07) is 9.34. The summed E-state index contributed by atoms with van der Waals surface area (Å²) in [5, 5.41) is 0. The van der Waals surface area contributed by atoms with Gasteiger partial charge in [0.2, 0.25) is 0 Å². The van der Waals surface area contributed by atoms with E-state index in [0.717, 1.165) is 24.8 Å². The minimum Gasteiger partial charge on any atom is -0.374 e. The highest BCUT2D eigenvalue weighted by Crippen LogP contribution is 2.34. The van der Waals surface area contributed by atoms with Crippen LogP contribution in [0.2, 0.25) is 0 Å². The molecule has 2 nitrogen and oxygen atoms in total. The average Bonchev–Trinajstić information content (AvgIpc) is 2.49. The van der Waals surface area contributed by atoms with Gasteiger partial charge in [-0.05, 0) is 61.1 Å². The molecule has 0 aliphatic heterocycles. The molecule has 0 amide bonds. The lowest BCUT2D eigenvalue weighted by Gasteiger charge is -2.38. The molecule has 0 radical (unpaired) electrons. The molecule has 1 aromatic rings. The van der Waals surface area contributed by atoms with Crippen LogP contribution in [0.4, 0.5) is 5.69 Å². The summed E-state index contributed by atoms with van der Waals surface area (Å²) >= 11 is 0. The number of nitrogens with two attached hydrogens (primary N) is 1. The minimum absolute atomic E-state index is 0.373. The molecule has 1 aromatic carbocycles. The largest absolute Gasteiger partial charge is 0.374 e. The van der Waals surface area contributed by atoms with Crippen LogP contribution in [0.1, 0.15) is 45.6 Å². The number of nitrogens with zero attached hydrogens (tertiary/aromatic N) is 1. The monoisotopic (exact) mass is 288 g/mol. The number of hydrogen-bond acceptors (Lipinski definition) is 2. The Balaban J connectivity index is 1.97. The zero-order valence-electron chi connectivity index (χ0n) is 14.2. The second kappa shape index (κ2) is 7.31. The van der Waals surface area contributed by atoms with Crippen LogP contribution in [-0.2, 0) is 6.42 Å². The Morgan fingerprint density at radius 2 is 1.86 bits per heavy atom. The highest BCUT2D eigenvalue weighted by atomic mass is 15.1. The van der Waals surface area contributed by atoms with Gasteiger partial charge in [0.1, 0.15) is 0 Å². The molecular weight excluding hydrogens is 256 g/mol. The fourth-order valence-electron chi connectivity index (χ4n) is 3.58. The summed E-state index contributed by atoms with van der Waals surface area (Å²) in [6.45, 7) is 7.99. The molecule has 1 saturated carbocycles. The van der Waals surface area contributed by atoms with E-state index in [0.29, 0.717) is 12.0 Å². The summed E-state index contributed by atoms with van der Waals surface area (Å²) in [7, 11) is 2.20. The molecule has 2 N–H and O–H groups in total. The van der Waals surface area contributed by atoms with Crippen molar-refractivity contribution in [1.82, 2.24) is 0 Å². The average molecular weight is 288 g/mol. The van der Waals surface area contributed by atoms with E-state index < -0.39 is 0 Å². The minimum atomic E-state index is 0.373. The summed E-state index contributed by atoms with van der Waals surface area (Å²) in [4.78, 5) is 2.38. The molecule has 0 heterocycles. The predicted molar refractivity (Wildman–Crippen MR) is 92.7 cm³/mol. The fraction of sp³-hybridized carbons (Fsp3) is 0.684. The van der Waals surface area contributed by atoms with Crippen LogP contribution in [0.5, 0.6) is 0 Å². The predicted octanol–water partition coefficient (Wildman–Crippen LogP) is 4.08. The standard InChI is InChI=1S/C19H32N2/c1-5-15-6-9-18(10-7-15)21(4)13-17-12-16(14(2)3)8-11-19(17)20/h6-7,9-10,14,16-17,19H,5,8,11-13,20H2,1-4H3. The molecule has 1 fully saturated rings. The van der Waals surface area contributed by atoms with Gasteiger partial charge in [0, 0.05) is 25.3 Å². The maximum Gasteiger partial charge on any atom is 0.0363 e. The first-order valence-electron chi connectivity index (χ1n) is 8.57. The van der Waals surface area contributed by atoms with E-state index >= 15 is 0 Å². The van der Waals surface area contributed by atoms with Crippen molar-refractivity contribution in [2.45, 2.75) is 52.5 Å². The van der Waals surface area contributed by atoms with E-state index in [1.54, 1.807) is 0 Å². The van der Waals surface area contributed by atoms with Gasteiger partial charge in [-0.2, -0.15) is 0 Å².